The zero-order chi connectivity index (χ0) is 12.4. The van der Waals surface area contributed by atoms with E-state index in [9.17, 15) is 4.39 Å². The predicted molar refractivity (Wildman–Crippen MR) is 68.9 cm³/mol. The van der Waals surface area contributed by atoms with Gasteiger partial charge < -0.3 is 10.5 Å². The molecule has 1 aromatic heterocycles. The van der Waals surface area contributed by atoms with E-state index in [1.165, 1.54) is 24.5 Å². The van der Waals surface area contributed by atoms with Crippen LogP contribution in [0.3, 0.4) is 0 Å². The fourth-order valence-corrected chi connectivity index (χ4v) is 2.55. The third kappa shape index (κ3) is 2.48. The van der Waals surface area contributed by atoms with Crippen molar-refractivity contribution in [1.29, 1.82) is 0 Å². The van der Waals surface area contributed by atoms with Gasteiger partial charge in [0, 0.05) is 27.4 Å². The summed E-state index contributed by atoms with van der Waals surface area (Å²) in [4.78, 5) is 1.94. The minimum Gasteiger partial charge on any atom is -0.497 e. The smallest absolute Gasteiger partial charge is 0.135 e. The highest BCUT2D eigenvalue weighted by Gasteiger charge is 2.10. The number of hydrogen-bond donors (Lipinski definition) is 1. The fourth-order valence-electron chi connectivity index (χ4n) is 1.56. The standard InChI is InChI=1S/C13H14FNOS/c1-8(15)12-5-6-13(17-12)10-4-3-9(16-2)7-11(10)14/h3-8H,15H2,1-2H3. The van der Waals surface area contributed by atoms with Crippen molar-refractivity contribution in [2.24, 2.45) is 5.73 Å². The molecule has 2 nitrogen and oxygen atoms in total. The van der Waals surface area contributed by atoms with Crippen LogP contribution in [0.15, 0.2) is 30.3 Å². The molecule has 1 unspecified atom stereocenters. The Bertz CT molecular complexity index is 522. The van der Waals surface area contributed by atoms with Gasteiger partial charge in [-0.25, -0.2) is 4.39 Å². The highest BCUT2D eigenvalue weighted by molar-refractivity contribution is 7.15. The van der Waals surface area contributed by atoms with Crippen molar-refractivity contribution < 1.29 is 9.13 Å². The summed E-state index contributed by atoms with van der Waals surface area (Å²) in [5, 5.41) is 0. The van der Waals surface area contributed by atoms with Gasteiger partial charge >= 0.3 is 0 Å². The third-order valence-electron chi connectivity index (χ3n) is 2.52. The lowest BCUT2D eigenvalue weighted by molar-refractivity contribution is 0.411. The summed E-state index contributed by atoms with van der Waals surface area (Å²) in [5.41, 5.74) is 6.37. The fraction of sp³-hybridized carbons (Fsp3) is 0.231. The van der Waals surface area contributed by atoms with Crippen molar-refractivity contribution in [3.8, 4) is 16.2 Å². The number of hydrogen-bond acceptors (Lipinski definition) is 3. The molecule has 1 heterocycles. The Morgan fingerprint density at radius 3 is 2.59 bits per heavy atom. The molecule has 0 bridgehead atoms. The Labute approximate surface area is 104 Å². The number of thiophene rings is 1. The molecular weight excluding hydrogens is 237 g/mol. The molecular formula is C13H14FNOS. The number of benzene rings is 1. The molecule has 0 aliphatic rings. The summed E-state index contributed by atoms with van der Waals surface area (Å²) >= 11 is 1.52. The molecule has 4 heteroatoms. The van der Waals surface area contributed by atoms with E-state index in [-0.39, 0.29) is 11.9 Å². The molecule has 2 rings (SSSR count). The Hall–Kier alpha value is -1.39. The first-order chi connectivity index (χ1) is 8.11. The quantitative estimate of drug-likeness (QED) is 0.904. The van der Waals surface area contributed by atoms with E-state index in [1.807, 2.05) is 19.1 Å². The molecule has 0 spiro atoms. The summed E-state index contributed by atoms with van der Waals surface area (Å²) < 4.78 is 18.8. The van der Waals surface area contributed by atoms with Gasteiger partial charge in [0.05, 0.1) is 7.11 Å². The van der Waals surface area contributed by atoms with Crippen LogP contribution in [0.2, 0.25) is 0 Å². The van der Waals surface area contributed by atoms with Crippen LogP contribution < -0.4 is 10.5 Å². The maximum Gasteiger partial charge on any atom is 0.135 e. The van der Waals surface area contributed by atoms with Crippen molar-refractivity contribution in [3.05, 3.63) is 41.0 Å². The minimum atomic E-state index is -0.276. The van der Waals surface area contributed by atoms with Crippen molar-refractivity contribution in [1.82, 2.24) is 0 Å². The van der Waals surface area contributed by atoms with Gasteiger partial charge in [-0.2, -0.15) is 0 Å². The van der Waals surface area contributed by atoms with Crippen LogP contribution >= 0.6 is 11.3 Å². The van der Waals surface area contributed by atoms with Gasteiger partial charge in [0.15, 0.2) is 0 Å². The molecule has 90 valence electrons. The van der Waals surface area contributed by atoms with E-state index >= 15 is 0 Å². The monoisotopic (exact) mass is 251 g/mol. The first-order valence-electron chi connectivity index (χ1n) is 5.31. The molecule has 0 radical (unpaired) electrons. The SMILES string of the molecule is COc1ccc(-c2ccc(C(C)N)s2)c(F)c1. The van der Waals surface area contributed by atoms with E-state index in [1.54, 1.807) is 12.1 Å². The highest BCUT2D eigenvalue weighted by Crippen LogP contribution is 2.33. The van der Waals surface area contributed by atoms with Gasteiger partial charge in [-0.3, -0.25) is 0 Å². The summed E-state index contributed by atoms with van der Waals surface area (Å²) in [6, 6.07) is 8.69. The van der Waals surface area contributed by atoms with E-state index in [0.29, 0.717) is 11.3 Å². The molecule has 17 heavy (non-hydrogen) atoms. The molecule has 0 saturated carbocycles. The second-order valence-corrected chi connectivity index (χ2v) is 4.95. The van der Waals surface area contributed by atoms with Gasteiger partial charge in [-0.1, -0.05) is 0 Å². The van der Waals surface area contributed by atoms with Gasteiger partial charge in [0.2, 0.25) is 0 Å². The Morgan fingerprint density at radius 2 is 2.06 bits per heavy atom. The molecule has 1 aromatic carbocycles. The lowest BCUT2D eigenvalue weighted by Crippen LogP contribution is -2.01. The van der Waals surface area contributed by atoms with Crippen LogP contribution in [0.5, 0.6) is 5.75 Å². The largest absolute Gasteiger partial charge is 0.497 e. The molecule has 2 N–H and O–H groups in total. The number of rotatable bonds is 3. The summed E-state index contributed by atoms with van der Waals surface area (Å²) in [5.74, 6) is 0.248. The predicted octanol–water partition coefficient (Wildman–Crippen LogP) is 3.58. The average molecular weight is 251 g/mol. The first-order valence-corrected chi connectivity index (χ1v) is 6.12. The first kappa shape index (κ1) is 12.1. The Balaban J connectivity index is 2.38. The van der Waals surface area contributed by atoms with E-state index in [0.717, 1.165) is 9.75 Å². The number of nitrogens with two attached hydrogens (primary N) is 1. The van der Waals surface area contributed by atoms with Crippen LogP contribution in [0, 0.1) is 5.82 Å². The van der Waals surface area contributed by atoms with E-state index in [2.05, 4.69) is 0 Å². The molecule has 0 aliphatic heterocycles. The summed E-state index contributed by atoms with van der Waals surface area (Å²) in [7, 11) is 1.52. The van der Waals surface area contributed by atoms with Crippen molar-refractivity contribution in [2.45, 2.75) is 13.0 Å². The number of methoxy groups -OCH3 is 1. The molecule has 2 aromatic rings. The van der Waals surface area contributed by atoms with E-state index in [4.69, 9.17) is 10.5 Å². The van der Waals surface area contributed by atoms with Crippen LogP contribution in [0.25, 0.3) is 10.4 Å². The average Bonchev–Trinajstić information content (AvgIpc) is 2.78. The zero-order valence-electron chi connectivity index (χ0n) is 9.74. The zero-order valence-corrected chi connectivity index (χ0v) is 10.6. The normalized spacial score (nSPS) is 12.5. The Kier molecular flexibility index (Phi) is 3.45. The maximum absolute atomic E-state index is 13.8. The van der Waals surface area contributed by atoms with Crippen LogP contribution in [0.1, 0.15) is 17.8 Å². The third-order valence-corrected chi connectivity index (χ3v) is 3.84. The van der Waals surface area contributed by atoms with Crippen LogP contribution in [-0.4, -0.2) is 7.11 Å². The van der Waals surface area contributed by atoms with Crippen molar-refractivity contribution in [2.75, 3.05) is 7.11 Å². The lowest BCUT2D eigenvalue weighted by atomic mass is 10.1. The van der Waals surface area contributed by atoms with Gasteiger partial charge in [-0.05, 0) is 31.2 Å². The van der Waals surface area contributed by atoms with Crippen LogP contribution in [0.4, 0.5) is 4.39 Å². The van der Waals surface area contributed by atoms with E-state index < -0.39 is 0 Å². The highest BCUT2D eigenvalue weighted by atomic mass is 32.1. The molecule has 0 aliphatic carbocycles. The van der Waals surface area contributed by atoms with Crippen molar-refractivity contribution >= 4 is 11.3 Å². The van der Waals surface area contributed by atoms with Crippen LogP contribution in [-0.2, 0) is 0 Å². The van der Waals surface area contributed by atoms with Gasteiger partial charge in [0.1, 0.15) is 11.6 Å². The summed E-state index contributed by atoms with van der Waals surface area (Å²) in [6.07, 6.45) is 0. The maximum atomic E-state index is 13.8. The second kappa shape index (κ2) is 4.85. The molecule has 0 saturated heterocycles. The lowest BCUT2D eigenvalue weighted by Gasteiger charge is -2.04. The van der Waals surface area contributed by atoms with Gasteiger partial charge in [0.25, 0.3) is 0 Å². The van der Waals surface area contributed by atoms with Crippen molar-refractivity contribution in [3.63, 3.8) is 0 Å². The van der Waals surface area contributed by atoms with Gasteiger partial charge in [-0.15, -0.1) is 11.3 Å². The second-order valence-electron chi connectivity index (χ2n) is 3.84. The molecule has 0 amide bonds. The Morgan fingerprint density at radius 1 is 1.29 bits per heavy atom. The minimum absolute atomic E-state index is 0.0185. The molecule has 1 atom stereocenters. The number of ether oxygens (including phenoxy) is 1. The topological polar surface area (TPSA) is 35.2 Å². The molecule has 0 fully saturated rings. The summed E-state index contributed by atoms with van der Waals surface area (Å²) in [6.45, 7) is 1.92. The number of halogens is 1.